The van der Waals surface area contributed by atoms with E-state index >= 15 is 0 Å². The monoisotopic (exact) mass is 452 g/mol. The largest absolute Gasteiger partial charge is 0.453 e. The van der Waals surface area contributed by atoms with E-state index in [9.17, 15) is 8.42 Å². The van der Waals surface area contributed by atoms with Gasteiger partial charge in [-0.2, -0.15) is 0 Å². The number of fused-ring (bicyclic) bond motifs is 7. The fourth-order valence-corrected chi connectivity index (χ4v) is 5.75. The van der Waals surface area contributed by atoms with Crippen molar-refractivity contribution >= 4 is 31.4 Å². The van der Waals surface area contributed by atoms with E-state index in [0.717, 1.165) is 32.7 Å². The first kappa shape index (κ1) is 19.8. The lowest BCUT2D eigenvalue weighted by Crippen LogP contribution is -2.32. The SMILES string of the molecule is O=S(=O)(CC1Oc2ccc3ccccc3c2-c2c(ccc3ccccc23)O1)c1ccccc1. The fraction of sp³-hybridized carbons (Fsp3) is 0.0714. The maximum Gasteiger partial charge on any atom is 0.255 e. The van der Waals surface area contributed by atoms with Crippen molar-refractivity contribution in [1.82, 2.24) is 0 Å². The van der Waals surface area contributed by atoms with Gasteiger partial charge < -0.3 is 9.47 Å². The third-order valence-corrected chi connectivity index (χ3v) is 7.71. The van der Waals surface area contributed by atoms with Crippen LogP contribution in [0.4, 0.5) is 0 Å². The molecule has 0 amide bonds. The highest BCUT2D eigenvalue weighted by Crippen LogP contribution is 2.47. The number of sulfone groups is 1. The van der Waals surface area contributed by atoms with Crippen molar-refractivity contribution < 1.29 is 17.9 Å². The summed E-state index contributed by atoms with van der Waals surface area (Å²) >= 11 is 0. The van der Waals surface area contributed by atoms with E-state index in [0.29, 0.717) is 11.5 Å². The van der Waals surface area contributed by atoms with Crippen molar-refractivity contribution in [2.45, 2.75) is 11.2 Å². The van der Waals surface area contributed by atoms with Crippen LogP contribution in [0.5, 0.6) is 11.5 Å². The van der Waals surface area contributed by atoms with Gasteiger partial charge in [0.15, 0.2) is 9.84 Å². The van der Waals surface area contributed by atoms with Crippen molar-refractivity contribution in [1.29, 1.82) is 0 Å². The normalized spacial score (nSPS) is 13.6. The predicted octanol–water partition coefficient (Wildman–Crippen LogP) is 6.23. The van der Waals surface area contributed by atoms with Crippen LogP contribution in [0.15, 0.2) is 108 Å². The van der Waals surface area contributed by atoms with Crippen molar-refractivity contribution in [3.05, 3.63) is 103 Å². The first-order valence-corrected chi connectivity index (χ1v) is 12.4. The molecular formula is C28H20O4S. The average Bonchev–Trinajstić information content (AvgIpc) is 3.00. The Morgan fingerprint density at radius 1 is 0.576 bits per heavy atom. The number of hydrogen-bond acceptors (Lipinski definition) is 4. The highest BCUT2D eigenvalue weighted by Gasteiger charge is 2.30. The molecule has 0 atom stereocenters. The van der Waals surface area contributed by atoms with Gasteiger partial charge in [0.2, 0.25) is 0 Å². The Labute approximate surface area is 191 Å². The van der Waals surface area contributed by atoms with Gasteiger partial charge in [0, 0.05) is 11.1 Å². The number of rotatable bonds is 3. The second kappa shape index (κ2) is 7.64. The lowest BCUT2D eigenvalue weighted by molar-refractivity contribution is 0.0291. The lowest BCUT2D eigenvalue weighted by atomic mass is 9.92. The predicted molar refractivity (Wildman–Crippen MR) is 130 cm³/mol. The topological polar surface area (TPSA) is 52.6 Å². The summed E-state index contributed by atoms with van der Waals surface area (Å²) in [5, 5.41) is 4.22. The van der Waals surface area contributed by atoms with Crippen molar-refractivity contribution in [2.24, 2.45) is 0 Å². The number of benzene rings is 5. The lowest BCUT2D eigenvalue weighted by Gasteiger charge is -2.19. The number of hydrogen-bond donors (Lipinski definition) is 0. The Bertz CT molecular complexity index is 1520. The Hall–Kier alpha value is -3.83. The average molecular weight is 453 g/mol. The molecular weight excluding hydrogens is 432 g/mol. The maximum atomic E-state index is 13.1. The van der Waals surface area contributed by atoms with Gasteiger partial charge in [-0.05, 0) is 45.8 Å². The molecule has 0 fully saturated rings. The molecule has 33 heavy (non-hydrogen) atoms. The minimum atomic E-state index is -3.62. The van der Waals surface area contributed by atoms with E-state index in [1.54, 1.807) is 30.3 Å². The highest BCUT2D eigenvalue weighted by atomic mass is 32.2. The van der Waals surface area contributed by atoms with Crippen LogP contribution in [0, 0.1) is 0 Å². The van der Waals surface area contributed by atoms with Gasteiger partial charge in [-0.25, -0.2) is 8.42 Å². The summed E-state index contributed by atoms with van der Waals surface area (Å²) in [7, 11) is -3.62. The molecule has 0 saturated heterocycles. The molecule has 0 saturated carbocycles. The molecule has 5 heteroatoms. The quantitative estimate of drug-likeness (QED) is 0.326. The van der Waals surface area contributed by atoms with Gasteiger partial charge in [-0.1, -0.05) is 78.9 Å². The zero-order valence-electron chi connectivity index (χ0n) is 17.6. The zero-order chi connectivity index (χ0) is 22.4. The molecule has 0 aliphatic carbocycles. The van der Waals surface area contributed by atoms with Gasteiger partial charge in [-0.15, -0.1) is 0 Å². The number of ether oxygens (including phenoxy) is 2. The first-order valence-electron chi connectivity index (χ1n) is 10.8. The summed E-state index contributed by atoms with van der Waals surface area (Å²) < 4.78 is 38.7. The molecule has 0 aromatic heterocycles. The van der Waals surface area contributed by atoms with E-state index in [4.69, 9.17) is 9.47 Å². The van der Waals surface area contributed by atoms with Gasteiger partial charge in [-0.3, -0.25) is 0 Å². The van der Waals surface area contributed by atoms with Crippen molar-refractivity contribution in [3.8, 4) is 22.6 Å². The van der Waals surface area contributed by atoms with Gasteiger partial charge in [0.05, 0.1) is 4.90 Å². The minimum absolute atomic E-state index is 0.249. The van der Waals surface area contributed by atoms with Gasteiger partial charge in [0.1, 0.15) is 17.3 Å². The maximum absolute atomic E-state index is 13.1. The van der Waals surface area contributed by atoms with Crippen LogP contribution in [-0.2, 0) is 9.84 Å². The third kappa shape index (κ3) is 3.41. The highest BCUT2D eigenvalue weighted by molar-refractivity contribution is 7.91. The fourth-order valence-electron chi connectivity index (χ4n) is 4.49. The zero-order valence-corrected chi connectivity index (χ0v) is 18.5. The minimum Gasteiger partial charge on any atom is -0.453 e. The summed E-state index contributed by atoms with van der Waals surface area (Å²) in [6.07, 6.45) is -0.988. The van der Waals surface area contributed by atoms with E-state index in [2.05, 4.69) is 24.3 Å². The smallest absolute Gasteiger partial charge is 0.255 e. The van der Waals surface area contributed by atoms with E-state index < -0.39 is 16.1 Å². The molecule has 6 rings (SSSR count). The van der Waals surface area contributed by atoms with Crippen molar-refractivity contribution in [2.75, 3.05) is 5.75 Å². The molecule has 162 valence electrons. The van der Waals surface area contributed by atoms with Crippen LogP contribution >= 0.6 is 0 Å². The summed E-state index contributed by atoms with van der Waals surface area (Å²) in [6, 6.07) is 32.4. The second-order valence-electron chi connectivity index (χ2n) is 8.08. The Morgan fingerprint density at radius 2 is 1.06 bits per heavy atom. The first-order chi connectivity index (χ1) is 16.1. The second-order valence-corrected chi connectivity index (χ2v) is 10.1. The van der Waals surface area contributed by atoms with E-state index in [-0.39, 0.29) is 10.6 Å². The molecule has 0 radical (unpaired) electrons. The van der Waals surface area contributed by atoms with E-state index in [1.807, 2.05) is 48.5 Å². The van der Waals surface area contributed by atoms with Crippen LogP contribution in [0.2, 0.25) is 0 Å². The Balaban J connectivity index is 1.57. The summed E-state index contributed by atoms with van der Waals surface area (Å²) in [5.41, 5.74) is 1.83. The summed E-state index contributed by atoms with van der Waals surface area (Å²) in [5.74, 6) is 0.921. The molecule has 1 aliphatic rings. The summed E-state index contributed by atoms with van der Waals surface area (Å²) in [6.45, 7) is 0. The van der Waals surface area contributed by atoms with Crippen LogP contribution in [0.1, 0.15) is 0 Å². The molecule has 0 N–H and O–H groups in total. The molecule has 1 aliphatic heterocycles. The third-order valence-electron chi connectivity index (χ3n) is 6.01. The standard InChI is InChI=1S/C28H20O4S/c29-33(30,21-10-2-1-3-11-21)18-26-31-24-16-14-19-8-4-6-12-22(19)27(24)28-23-13-7-5-9-20(23)15-17-25(28)32-26/h1-17,26H,18H2. The molecule has 5 aromatic carbocycles. The van der Waals surface area contributed by atoms with E-state index in [1.165, 1.54) is 0 Å². The Morgan fingerprint density at radius 3 is 1.61 bits per heavy atom. The molecule has 0 spiro atoms. The van der Waals surface area contributed by atoms with Crippen molar-refractivity contribution in [3.63, 3.8) is 0 Å². The van der Waals surface area contributed by atoms with Gasteiger partial charge >= 0.3 is 0 Å². The van der Waals surface area contributed by atoms with Crippen LogP contribution in [0.3, 0.4) is 0 Å². The van der Waals surface area contributed by atoms with Crippen LogP contribution < -0.4 is 9.47 Å². The molecule has 0 bridgehead atoms. The molecule has 4 nitrogen and oxygen atoms in total. The van der Waals surface area contributed by atoms with Crippen LogP contribution in [-0.4, -0.2) is 20.5 Å². The Kier molecular flexibility index (Phi) is 4.59. The molecule has 5 aromatic rings. The van der Waals surface area contributed by atoms with Gasteiger partial charge in [0.25, 0.3) is 6.29 Å². The molecule has 0 unspecified atom stereocenters. The van der Waals surface area contributed by atoms with Crippen LogP contribution in [0.25, 0.3) is 32.7 Å². The molecule has 1 heterocycles. The summed E-state index contributed by atoms with van der Waals surface area (Å²) in [4.78, 5) is 0.249.